The Kier molecular flexibility index (Phi) is 5.16. The maximum absolute atomic E-state index is 12.4. The predicted octanol–water partition coefficient (Wildman–Crippen LogP) is 3.63. The van der Waals surface area contributed by atoms with Gasteiger partial charge in [0.15, 0.2) is 0 Å². The number of benzene rings is 2. The zero-order valence-corrected chi connectivity index (χ0v) is 15.5. The summed E-state index contributed by atoms with van der Waals surface area (Å²) in [5, 5.41) is 0. The third-order valence-electron chi connectivity index (χ3n) is 3.82. The molecule has 0 bridgehead atoms. The fraction of sp³-hybridized carbons (Fsp3) is 0.238. The van der Waals surface area contributed by atoms with Gasteiger partial charge in [0.1, 0.15) is 11.5 Å². The van der Waals surface area contributed by atoms with Gasteiger partial charge in [0, 0.05) is 27.4 Å². The highest BCUT2D eigenvalue weighted by Crippen LogP contribution is 2.26. The number of carbonyl (C=O) groups is 2. The highest BCUT2D eigenvalue weighted by atomic mass is 16.8. The predicted molar refractivity (Wildman–Crippen MR) is 98.8 cm³/mol. The van der Waals surface area contributed by atoms with Crippen LogP contribution >= 0.6 is 0 Å². The molecular formula is C21H21NO5. The summed E-state index contributed by atoms with van der Waals surface area (Å²) in [7, 11) is 1.65. The fourth-order valence-corrected chi connectivity index (χ4v) is 2.60. The molecule has 1 aliphatic rings. The number of hydrogen-bond donors (Lipinski definition) is 0. The lowest BCUT2D eigenvalue weighted by molar-refractivity contribution is -0.159. The molecule has 0 aliphatic carbocycles. The lowest BCUT2D eigenvalue weighted by atomic mass is 10.2. The standard InChI is InChI=1S/C21H21NO5/c1-21(2)26-18(20(24)27-21)13-19(23)22(3)14-15-8-7-11-17(12-15)25-16-9-5-4-6-10-16/h4-13H,14H2,1-3H3/b18-13-. The van der Waals surface area contributed by atoms with Crippen molar-refractivity contribution in [1.29, 1.82) is 0 Å². The zero-order chi connectivity index (χ0) is 19.4. The molecule has 140 valence electrons. The number of nitrogens with zero attached hydrogens (tertiary/aromatic N) is 1. The highest BCUT2D eigenvalue weighted by molar-refractivity contribution is 5.97. The second-order valence-corrected chi connectivity index (χ2v) is 6.66. The van der Waals surface area contributed by atoms with E-state index >= 15 is 0 Å². The number of carbonyl (C=O) groups excluding carboxylic acids is 2. The maximum atomic E-state index is 12.4. The maximum Gasteiger partial charge on any atom is 0.377 e. The van der Waals surface area contributed by atoms with Crippen molar-refractivity contribution in [1.82, 2.24) is 4.90 Å². The monoisotopic (exact) mass is 367 g/mol. The van der Waals surface area contributed by atoms with E-state index in [0.717, 1.165) is 17.4 Å². The third kappa shape index (κ3) is 4.88. The summed E-state index contributed by atoms with van der Waals surface area (Å²) in [6.45, 7) is 3.57. The molecule has 1 saturated heterocycles. The largest absolute Gasteiger partial charge is 0.457 e. The summed E-state index contributed by atoms with van der Waals surface area (Å²) in [4.78, 5) is 25.6. The van der Waals surface area contributed by atoms with Crippen molar-refractivity contribution in [2.75, 3.05) is 7.05 Å². The van der Waals surface area contributed by atoms with Crippen LogP contribution in [0, 0.1) is 0 Å². The van der Waals surface area contributed by atoms with Crippen molar-refractivity contribution in [2.24, 2.45) is 0 Å². The molecule has 3 rings (SSSR count). The lowest BCUT2D eigenvalue weighted by Crippen LogP contribution is -2.25. The van der Waals surface area contributed by atoms with Gasteiger partial charge in [0.2, 0.25) is 11.5 Å². The molecule has 1 fully saturated rings. The van der Waals surface area contributed by atoms with Gasteiger partial charge in [-0.1, -0.05) is 30.3 Å². The molecule has 0 saturated carbocycles. The topological polar surface area (TPSA) is 65.1 Å². The molecule has 0 atom stereocenters. The summed E-state index contributed by atoms with van der Waals surface area (Å²) in [6.07, 6.45) is 1.15. The van der Waals surface area contributed by atoms with E-state index in [9.17, 15) is 9.59 Å². The van der Waals surface area contributed by atoms with E-state index in [2.05, 4.69) is 0 Å². The van der Waals surface area contributed by atoms with Crippen LogP contribution in [0.2, 0.25) is 0 Å². The highest BCUT2D eigenvalue weighted by Gasteiger charge is 2.37. The van der Waals surface area contributed by atoms with Gasteiger partial charge < -0.3 is 19.1 Å². The number of amides is 1. The number of cyclic esters (lactones) is 1. The Morgan fingerprint density at radius 3 is 2.44 bits per heavy atom. The van der Waals surface area contributed by atoms with Crippen molar-refractivity contribution in [2.45, 2.75) is 26.2 Å². The second kappa shape index (κ2) is 7.53. The van der Waals surface area contributed by atoms with E-state index in [1.807, 2.05) is 54.6 Å². The van der Waals surface area contributed by atoms with Crippen molar-refractivity contribution in [3.63, 3.8) is 0 Å². The SMILES string of the molecule is CN(Cc1cccc(Oc2ccccc2)c1)C(=O)/C=C1\OC(C)(C)OC1=O. The minimum Gasteiger partial charge on any atom is -0.457 e. The summed E-state index contributed by atoms with van der Waals surface area (Å²) in [6, 6.07) is 16.9. The number of para-hydroxylation sites is 1. The van der Waals surface area contributed by atoms with E-state index in [1.165, 1.54) is 4.90 Å². The average molecular weight is 367 g/mol. The van der Waals surface area contributed by atoms with Crippen molar-refractivity contribution in [3.8, 4) is 11.5 Å². The average Bonchev–Trinajstić information content (AvgIpc) is 2.87. The first kappa shape index (κ1) is 18.5. The molecule has 1 amide bonds. The van der Waals surface area contributed by atoms with Crippen LogP contribution < -0.4 is 4.74 Å². The Balaban J connectivity index is 1.65. The van der Waals surface area contributed by atoms with Gasteiger partial charge in [-0.25, -0.2) is 4.79 Å². The molecule has 6 heteroatoms. The Morgan fingerprint density at radius 2 is 1.78 bits per heavy atom. The van der Waals surface area contributed by atoms with Gasteiger partial charge in [-0.2, -0.15) is 0 Å². The quantitative estimate of drug-likeness (QED) is 0.596. The fourth-order valence-electron chi connectivity index (χ4n) is 2.60. The molecule has 0 aromatic heterocycles. The first-order valence-electron chi connectivity index (χ1n) is 8.53. The van der Waals surface area contributed by atoms with Crippen LogP contribution in [0.4, 0.5) is 0 Å². The molecule has 0 radical (unpaired) electrons. The molecule has 1 heterocycles. The molecule has 2 aromatic rings. The summed E-state index contributed by atoms with van der Waals surface area (Å²) in [5.74, 6) is -0.706. The first-order valence-corrected chi connectivity index (χ1v) is 8.53. The lowest BCUT2D eigenvalue weighted by Gasteiger charge is -2.16. The van der Waals surface area contributed by atoms with Crippen LogP contribution in [-0.2, 0) is 25.6 Å². The van der Waals surface area contributed by atoms with Crippen LogP contribution in [0.3, 0.4) is 0 Å². The Labute approximate surface area is 158 Å². The number of ether oxygens (including phenoxy) is 3. The number of esters is 1. The van der Waals surface area contributed by atoms with E-state index in [-0.39, 0.29) is 11.7 Å². The first-order chi connectivity index (χ1) is 12.8. The van der Waals surface area contributed by atoms with Gasteiger partial charge >= 0.3 is 5.97 Å². The zero-order valence-electron chi connectivity index (χ0n) is 15.5. The van der Waals surface area contributed by atoms with Crippen LogP contribution in [0.25, 0.3) is 0 Å². The van der Waals surface area contributed by atoms with E-state index in [4.69, 9.17) is 14.2 Å². The smallest absolute Gasteiger partial charge is 0.377 e. The molecular weight excluding hydrogens is 346 g/mol. The number of likely N-dealkylation sites (N-methyl/N-ethyl adjacent to an activating group) is 1. The van der Waals surface area contributed by atoms with Crippen LogP contribution in [0.15, 0.2) is 66.4 Å². The van der Waals surface area contributed by atoms with Crippen LogP contribution in [0.5, 0.6) is 11.5 Å². The molecule has 6 nitrogen and oxygen atoms in total. The van der Waals surface area contributed by atoms with Crippen molar-refractivity contribution in [3.05, 3.63) is 72.0 Å². The summed E-state index contributed by atoms with van der Waals surface area (Å²) >= 11 is 0. The van der Waals surface area contributed by atoms with Crippen LogP contribution in [-0.4, -0.2) is 29.6 Å². The minimum absolute atomic E-state index is 0.0852. The number of hydrogen-bond acceptors (Lipinski definition) is 5. The van der Waals surface area contributed by atoms with Gasteiger partial charge in [0.25, 0.3) is 5.91 Å². The summed E-state index contributed by atoms with van der Waals surface area (Å²) in [5.41, 5.74) is 0.896. The second-order valence-electron chi connectivity index (χ2n) is 6.66. The molecule has 2 aromatic carbocycles. The van der Waals surface area contributed by atoms with E-state index < -0.39 is 11.8 Å². The third-order valence-corrected chi connectivity index (χ3v) is 3.82. The molecule has 0 spiro atoms. The van der Waals surface area contributed by atoms with Gasteiger partial charge in [-0.15, -0.1) is 0 Å². The van der Waals surface area contributed by atoms with E-state index in [1.54, 1.807) is 20.9 Å². The van der Waals surface area contributed by atoms with Gasteiger partial charge in [0.05, 0.1) is 6.08 Å². The Morgan fingerprint density at radius 1 is 1.07 bits per heavy atom. The van der Waals surface area contributed by atoms with Gasteiger partial charge in [-0.3, -0.25) is 4.79 Å². The van der Waals surface area contributed by atoms with Gasteiger partial charge in [-0.05, 0) is 29.8 Å². The summed E-state index contributed by atoms with van der Waals surface area (Å²) < 4.78 is 16.2. The molecule has 0 N–H and O–H groups in total. The van der Waals surface area contributed by atoms with Crippen LogP contribution in [0.1, 0.15) is 19.4 Å². The molecule has 27 heavy (non-hydrogen) atoms. The van der Waals surface area contributed by atoms with Crippen molar-refractivity contribution < 1.29 is 23.8 Å². The normalized spacial score (nSPS) is 16.6. The molecule has 1 aliphatic heterocycles. The number of rotatable bonds is 5. The van der Waals surface area contributed by atoms with Crippen molar-refractivity contribution >= 4 is 11.9 Å². The Hall–Kier alpha value is -3.28. The molecule has 0 unspecified atom stereocenters. The van der Waals surface area contributed by atoms with E-state index in [0.29, 0.717) is 12.3 Å². The minimum atomic E-state index is -1.05. The Bertz CT molecular complexity index is 873.